The summed E-state index contributed by atoms with van der Waals surface area (Å²) in [7, 11) is 2.03. The minimum absolute atomic E-state index is 0.238. The van der Waals surface area contributed by atoms with Crippen LogP contribution in [0.25, 0.3) is 0 Å². The Hall–Kier alpha value is -2.56. The fourth-order valence-corrected chi connectivity index (χ4v) is 3.22. The summed E-state index contributed by atoms with van der Waals surface area (Å²) >= 11 is 0. The van der Waals surface area contributed by atoms with E-state index in [1.165, 1.54) is 5.56 Å². The lowest BCUT2D eigenvalue weighted by Crippen LogP contribution is -2.50. The SMILES string of the molecule is CC(C)c1ccc(N(C)c2ccc(C3CN(C(=O)OC(C)(C)C)C3)cn2)cc1. The van der Waals surface area contributed by atoms with E-state index in [-0.39, 0.29) is 6.09 Å². The highest BCUT2D eigenvalue weighted by molar-refractivity contribution is 5.69. The average molecular weight is 382 g/mol. The number of anilines is 2. The number of nitrogens with zero attached hydrogens (tertiary/aromatic N) is 3. The van der Waals surface area contributed by atoms with E-state index in [0.717, 1.165) is 17.1 Å². The maximum Gasteiger partial charge on any atom is 0.410 e. The summed E-state index contributed by atoms with van der Waals surface area (Å²) in [6.07, 6.45) is 1.68. The molecule has 0 N–H and O–H groups in total. The van der Waals surface area contributed by atoms with Gasteiger partial charge in [0.1, 0.15) is 11.4 Å². The van der Waals surface area contributed by atoms with Crippen molar-refractivity contribution < 1.29 is 9.53 Å². The summed E-state index contributed by atoms with van der Waals surface area (Å²) in [6, 6.07) is 12.8. The summed E-state index contributed by atoms with van der Waals surface area (Å²) < 4.78 is 5.41. The first-order chi connectivity index (χ1) is 13.1. The largest absolute Gasteiger partial charge is 0.444 e. The van der Waals surface area contributed by atoms with Crippen molar-refractivity contribution in [2.45, 2.75) is 52.1 Å². The third-order valence-electron chi connectivity index (χ3n) is 5.07. The van der Waals surface area contributed by atoms with E-state index in [0.29, 0.717) is 24.9 Å². The lowest BCUT2D eigenvalue weighted by molar-refractivity contribution is 0.00817. The molecule has 0 atom stereocenters. The quantitative estimate of drug-likeness (QED) is 0.720. The number of hydrogen-bond donors (Lipinski definition) is 0. The van der Waals surface area contributed by atoms with Gasteiger partial charge in [-0.05, 0) is 56.0 Å². The molecule has 0 spiro atoms. The van der Waals surface area contributed by atoms with Gasteiger partial charge in [-0.15, -0.1) is 0 Å². The van der Waals surface area contributed by atoms with Gasteiger partial charge in [0.15, 0.2) is 0 Å². The molecule has 0 radical (unpaired) electrons. The van der Waals surface area contributed by atoms with Crippen LogP contribution in [-0.2, 0) is 4.74 Å². The van der Waals surface area contributed by atoms with Crippen molar-refractivity contribution in [3.63, 3.8) is 0 Å². The van der Waals surface area contributed by atoms with Crippen molar-refractivity contribution in [1.82, 2.24) is 9.88 Å². The second-order valence-corrected chi connectivity index (χ2v) is 8.84. The van der Waals surface area contributed by atoms with Gasteiger partial charge in [0.05, 0.1) is 0 Å². The summed E-state index contributed by atoms with van der Waals surface area (Å²) in [6.45, 7) is 11.4. The van der Waals surface area contributed by atoms with Crippen molar-refractivity contribution in [3.05, 3.63) is 53.7 Å². The van der Waals surface area contributed by atoms with Crippen LogP contribution in [0, 0.1) is 0 Å². The summed E-state index contributed by atoms with van der Waals surface area (Å²) in [5, 5.41) is 0. The van der Waals surface area contributed by atoms with Crippen LogP contribution in [0.4, 0.5) is 16.3 Å². The molecule has 0 unspecified atom stereocenters. The molecule has 1 aromatic carbocycles. The van der Waals surface area contributed by atoms with E-state index in [1.807, 2.05) is 40.1 Å². The predicted molar refractivity (Wildman–Crippen MR) is 113 cm³/mol. The van der Waals surface area contributed by atoms with Crippen LogP contribution < -0.4 is 4.90 Å². The number of carbonyl (C=O) groups excluding carboxylic acids is 1. The number of pyridine rings is 1. The van der Waals surface area contributed by atoms with Gasteiger partial charge in [-0.2, -0.15) is 0 Å². The molecule has 1 saturated heterocycles. The summed E-state index contributed by atoms with van der Waals surface area (Å²) in [5.74, 6) is 1.76. The van der Waals surface area contributed by atoms with Gasteiger partial charge >= 0.3 is 6.09 Å². The molecule has 1 fully saturated rings. The Morgan fingerprint density at radius 1 is 1.14 bits per heavy atom. The third kappa shape index (κ3) is 4.64. The zero-order valence-corrected chi connectivity index (χ0v) is 17.8. The van der Waals surface area contributed by atoms with E-state index in [9.17, 15) is 4.79 Å². The third-order valence-corrected chi connectivity index (χ3v) is 5.07. The van der Waals surface area contributed by atoms with Crippen LogP contribution >= 0.6 is 0 Å². The zero-order valence-electron chi connectivity index (χ0n) is 17.8. The van der Waals surface area contributed by atoms with Crippen LogP contribution in [0.1, 0.15) is 57.6 Å². The molecule has 3 rings (SSSR count). The molecule has 0 saturated carbocycles. The van der Waals surface area contributed by atoms with Gasteiger partial charge in [0, 0.05) is 37.9 Å². The molecule has 2 heterocycles. The number of benzene rings is 1. The van der Waals surface area contributed by atoms with Crippen molar-refractivity contribution in [1.29, 1.82) is 0 Å². The Morgan fingerprint density at radius 2 is 1.79 bits per heavy atom. The van der Waals surface area contributed by atoms with Gasteiger partial charge in [0.25, 0.3) is 0 Å². The number of amides is 1. The summed E-state index contributed by atoms with van der Waals surface area (Å²) in [5.41, 5.74) is 3.15. The first-order valence-corrected chi connectivity index (χ1v) is 9.91. The van der Waals surface area contributed by atoms with Crippen molar-refractivity contribution in [3.8, 4) is 0 Å². The van der Waals surface area contributed by atoms with Crippen LogP contribution in [0.5, 0.6) is 0 Å². The lowest BCUT2D eigenvalue weighted by Gasteiger charge is -2.40. The van der Waals surface area contributed by atoms with Crippen molar-refractivity contribution >= 4 is 17.6 Å². The van der Waals surface area contributed by atoms with E-state index >= 15 is 0 Å². The zero-order chi connectivity index (χ0) is 20.5. The molecule has 5 nitrogen and oxygen atoms in total. The second kappa shape index (κ2) is 7.82. The van der Waals surface area contributed by atoms with Gasteiger partial charge < -0.3 is 14.5 Å². The fraction of sp³-hybridized carbons (Fsp3) is 0.478. The number of hydrogen-bond acceptors (Lipinski definition) is 4. The Balaban J connectivity index is 1.59. The van der Waals surface area contributed by atoms with Crippen molar-refractivity contribution in [2.75, 3.05) is 25.0 Å². The molecule has 1 aliphatic rings. The van der Waals surface area contributed by atoms with E-state index in [4.69, 9.17) is 4.74 Å². The second-order valence-electron chi connectivity index (χ2n) is 8.84. The first-order valence-electron chi connectivity index (χ1n) is 9.91. The Labute approximate surface area is 168 Å². The normalized spacial score (nSPS) is 14.8. The topological polar surface area (TPSA) is 45.7 Å². The number of aromatic nitrogens is 1. The number of rotatable bonds is 4. The van der Waals surface area contributed by atoms with E-state index in [1.54, 1.807) is 4.90 Å². The standard InChI is InChI=1S/C23H31N3O2/c1-16(2)17-7-10-20(11-8-17)25(6)21-12-9-18(13-24-21)19-14-26(15-19)22(27)28-23(3,4)5/h7-13,16,19H,14-15H2,1-6H3. The van der Waals surface area contributed by atoms with Crippen LogP contribution in [0.15, 0.2) is 42.6 Å². The molecule has 150 valence electrons. The molecular formula is C23H31N3O2. The summed E-state index contributed by atoms with van der Waals surface area (Å²) in [4.78, 5) is 20.5. The smallest absolute Gasteiger partial charge is 0.410 e. The van der Waals surface area contributed by atoms with E-state index < -0.39 is 5.60 Å². The van der Waals surface area contributed by atoms with E-state index in [2.05, 4.69) is 54.1 Å². The fourth-order valence-electron chi connectivity index (χ4n) is 3.22. The van der Waals surface area contributed by atoms with Crippen LogP contribution in [-0.4, -0.2) is 41.7 Å². The number of carbonyl (C=O) groups is 1. The molecule has 1 aliphatic heterocycles. The molecule has 1 amide bonds. The predicted octanol–water partition coefficient (Wildman–Crippen LogP) is 5.31. The molecule has 28 heavy (non-hydrogen) atoms. The van der Waals surface area contributed by atoms with Gasteiger partial charge in [-0.25, -0.2) is 9.78 Å². The molecule has 2 aromatic rings. The Kier molecular flexibility index (Phi) is 5.64. The Morgan fingerprint density at radius 3 is 2.29 bits per heavy atom. The maximum absolute atomic E-state index is 12.1. The first kappa shape index (κ1) is 20.2. The number of likely N-dealkylation sites (tertiary alicyclic amines) is 1. The highest BCUT2D eigenvalue weighted by Crippen LogP contribution is 2.30. The molecule has 0 bridgehead atoms. The highest BCUT2D eigenvalue weighted by Gasteiger charge is 2.34. The van der Waals surface area contributed by atoms with Crippen molar-refractivity contribution in [2.24, 2.45) is 0 Å². The van der Waals surface area contributed by atoms with Gasteiger partial charge in [0.2, 0.25) is 0 Å². The average Bonchev–Trinajstić information content (AvgIpc) is 2.59. The molecular weight excluding hydrogens is 350 g/mol. The van der Waals surface area contributed by atoms with Gasteiger partial charge in [-0.1, -0.05) is 32.0 Å². The van der Waals surface area contributed by atoms with Gasteiger partial charge in [-0.3, -0.25) is 0 Å². The molecule has 0 aliphatic carbocycles. The Bertz CT molecular complexity index is 801. The van der Waals surface area contributed by atoms with Crippen LogP contribution in [0.3, 0.4) is 0 Å². The highest BCUT2D eigenvalue weighted by atomic mass is 16.6. The lowest BCUT2D eigenvalue weighted by atomic mass is 9.93. The van der Waals surface area contributed by atoms with Crippen LogP contribution in [0.2, 0.25) is 0 Å². The maximum atomic E-state index is 12.1. The monoisotopic (exact) mass is 381 g/mol. The minimum Gasteiger partial charge on any atom is -0.444 e. The minimum atomic E-state index is -0.455. The molecule has 1 aromatic heterocycles. The molecule has 5 heteroatoms. The number of ether oxygens (including phenoxy) is 1.